The molecule has 0 aliphatic heterocycles. The topological polar surface area (TPSA) is 119 Å². The highest BCUT2D eigenvalue weighted by molar-refractivity contribution is 7.46. The Labute approximate surface area is 328 Å². The first-order valence-electron chi connectivity index (χ1n) is 20.5. The first-order chi connectivity index (χ1) is 26.3. The van der Waals surface area contributed by atoms with Gasteiger partial charge in [0.15, 0.2) is 6.10 Å². The molecule has 54 heavy (non-hydrogen) atoms. The van der Waals surface area contributed by atoms with Gasteiger partial charge in [0.2, 0.25) is 0 Å². The summed E-state index contributed by atoms with van der Waals surface area (Å²) in [5.74, 6) is -0.997. The van der Waals surface area contributed by atoms with Gasteiger partial charge in [-0.15, -0.1) is 0 Å². The molecule has 0 unspecified atom stereocenters. The van der Waals surface area contributed by atoms with Gasteiger partial charge in [-0.3, -0.25) is 14.1 Å². The molecule has 0 rings (SSSR count). The van der Waals surface area contributed by atoms with Gasteiger partial charge < -0.3 is 19.3 Å². The second-order valence-corrected chi connectivity index (χ2v) is 14.5. The molecular weight excluding hydrogens is 699 g/mol. The highest BCUT2D eigenvalue weighted by Crippen LogP contribution is 2.36. The molecule has 8 nitrogen and oxygen atoms in total. The summed E-state index contributed by atoms with van der Waals surface area (Å²) < 4.78 is 26.3. The van der Waals surface area contributed by atoms with Crippen LogP contribution in [0.3, 0.4) is 0 Å². The maximum absolute atomic E-state index is 12.4. The number of phosphoric ester groups is 1. The third-order valence-electron chi connectivity index (χ3n) is 8.08. The van der Waals surface area contributed by atoms with Gasteiger partial charge in [0.1, 0.15) is 6.61 Å². The predicted octanol–water partition coefficient (Wildman–Crippen LogP) is 12.6. The Kier molecular flexibility index (Phi) is 37.4. The minimum atomic E-state index is -4.78. The van der Waals surface area contributed by atoms with Crippen molar-refractivity contribution in [3.63, 3.8) is 0 Å². The van der Waals surface area contributed by atoms with E-state index in [1.807, 2.05) is 6.08 Å². The molecule has 0 heterocycles. The van der Waals surface area contributed by atoms with Gasteiger partial charge in [0.25, 0.3) is 0 Å². The Morgan fingerprint density at radius 1 is 0.481 bits per heavy atom. The number of unbranched alkanes of at least 4 members (excludes halogenated alkanes) is 10. The molecule has 306 valence electrons. The zero-order valence-corrected chi connectivity index (χ0v) is 34.5. The van der Waals surface area contributed by atoms with E-state index < -0.39 is 32.5 Å². The third kappa shape index (κ3) is 41.7. The molecule has 9 heteroatoms. The number of ether oxygens (including phenoxy) is 2. The van der Waals surface area contributed by atoms with Crippen molar-refractivity contribution < 1.29 is 37.9 Å². The molecule has 0 saturated carbocycles. The fourth-order valence-corrected chi connectivity index (χ4v) is 5.35. The second kappa shape index (κ2) is 39.7. The Morgan fingerprint density at radius 2 is 0.852 bits per heavy atom. The van der Waals surface area contributed by atoms with Gasteiger partial charge in [-0.1, -0.05) is 143 Å². The van der Waals surface area contributed by atoms with Crippen molar-refractivity contribution in [2.24, 2.45) is 0 Å². The number of allylic oxidation sites excluding steroid dienone is 16. The molecule has 0 aliphatic rings. The van der Waals surface area contributed by atoms with Crippen molar-refractivity contribution in [3.8, 4) is 0 Å². The van der Waals surface area contributed by atoms with Crippen LogP contribution in [-0.2, 0) is 28.2 Å². The first-order valence-corrected chi connectivity index (χ1v) is 22.1. The van der Waals surface area contributed by atoms with Crippen LogP contribution in [0.25, 0.3) is 0 Å². The average Bonchev–Trinajstić information content (AvgIpc) is 3.14. The van der Waals surface area contributed by atoms with Gasteiger partial charge in [-0.2, -0.15) is 0 Å². The molecule has 0 aromatic carbocycles. The van der Waals surface area contributed by atoms with E-state index in [2.05, 4.69) is 110 Å². The van der Waals surface area contributed by atoms with Crippen molar-refractivity contribution in [1.82, 2.24) is 0 Å². The zero-order chi connectivity index (χ0) is 39.6. The van der Waals surface area contributed by atoms with E-state index in [1.165, 1.54) is 51.4 Å². The van der Waals surface area contributed by atoms with E-state index in [0.29, 0.717) is 12.8 Å². The molecule has 0 saturated heterocycles. The fourth-order valence-electron chi connectivity index (χ4n) is 4.99. The highest BCUT2D eigenvalue weighted by Gasteiger charge is 2.22. The summed E-state index contributed by atoms with van der Waals surface area (Å²) in [5.41, 5.74) is 0. The summed E-state index contributed by atoms with van der Waals surface area (Å²) >= 11 is 0. The maximum atomic E-state index is 12.4. The van der Waals surface area contributed by atoms with Gasteiger partial charge in [-0.05, 0) is 96.3 Å². The van der Waals surface area contributed by atoms with Gasteiger partial charge >= 0.3 is 19.8 Å². The van der Waals surface area contributed by atoms with Gasteiger partial charge in [0, 0.05) is 12.8 Å². The molecule has 0 spiro atoms. The van der Waals surface area contributed by atoms with E-state index in [4.69, 9.17) is 19.3 Å². The highest BCUT2D eigenvalue weighted by atomic mass is 31.2. The fraction of sp³-hybridized carbons (Fsp3) is 0.600. The Morgan fingerprint density at radius 3 is 1.26 bits per heavy atom. The minimum absolute atomic E-state index is 0.157. The van der Waals surface area contributed by atoms with E-state index in [0.717, 1.165) is 64.2 Å². The van der Waals surface area contributed by atoms with Crippen LogP contribution >= 0.6 is 7.82 Å². The smallest absolute Gasteiger partial charge is 0.462 e. The zero-order valence-electron chi connectivity index (χ0n) is 33.6. The number of esters is 2. The lowest BCUT2D eigenvalue weighted by Crippen LogP contribution is -2.29. The van der Waals surface area contributed by atoms with Crippen molar-refractivity contribution in [1.29, 1.82) is 0 Å². The van der Waals surface area contributed by atoms with E-state index >= 15 is 0 Å². The molecule has 0 aromatic heterocycles. The number of rotatable bonds is 36. The SMILES string of the molecule is CCCCC/C=C\C/C=C\C/C=C\C/C=C\CCCCCC(=O)O[C@H](COC(=O)CCC/C=C\C/C=C\C/C=C\C/C=C\CCCCC)COP(=O)(O)O. The second-order valence-electron chi connectivity index (χ2n) is 13.2. The first kappa shape index (κ1) is 51.0. The number of carbonyl (C=O) groups excluding carboxylic acids is 2. The van der Waals surface area contributed by atoms with Crippen molar-refractivity contribution in [3.05, 3.63) is 97.2 Å². The van der Waals surface area contributed by atoms with Crippen molar-refractivity contribution >= 4 is 19.8 Å². The summed E-state index contributed by atoms with van der Waals surface area (Å²) in [5, 5.41) is 0. The lowest BCUT2D eigenvalue weighted by molar-refractivity contribution is -0.161. The van der Waals surface area contributed by atoms with Crippen LogP contribution in [0.4, 0.5) is 0 Å². The summed E-state index contributed by atoms with van der Waals surface area (Å²) in [7, 11) is -4.78. The maximum Gasteiger partial charge on any atom is 0.469 e. The summed E-state index contributed by atoms with van der Waals surface area (Å²) in [6.45, 7) is 3.54. The lowest BCUT2D eigenvalue weighted by atomic mass is 10.1. The average molecular weight is 773 g/mol. The molecule has 0 fully saturated rings. The van der Waals surface area contributed by atoms with E-state index in [9.17, 15) is 14.2 Å². The van der Waals surface area contributed by atoms with Crippen LogP contribution in [0, 0.1) is 0 Å². The molecule has 0 aliphatic carbocycles. The van der Waals surface area contributed by atoms with E-state index in [1.54, 1.807) is 0 Å². The normalized spacial score (nSPS) is 13.5. The van der Waals surface area contributed by atoms with Crippen LogP contribution in [0.2, 0.25) is 0 Å². The molecular formula is C45H73O8P. The molecule has 0 aromatic rings. The predicted molar refractivity (Wildman–Crippen MR) is 225 cm³/mol. The molecule has 1 atom stereocenters. The van der Waals surface area contributed by atoms with Crippen LogP contribution in [-0.4, -0.2) is 41.0 Å². The lowest BCUT2D eigenvalue weighted by Gasteiger charge is -2.18. The van der Waals surface area contributed by atoms with Crippen LogP contribution in [0.15, 0.2) is 97.2 Å². The molecule has 0 radical (unpaired) electrons. The van der Waals surface area contributed by atoms with E-state index in [-0.39, 0.29) is 19.4 Å². The van der Waals surface area contributed by atoms with Gasteiger partial charge in [0.05, 0.1) is 6.61 Å². The Bertz CT molecular complexity index is 1190. The number of hydrogen-bond donors (Lipinski definition) is 2. The Balaban J connectivity index is 4.13. The number of carbonyl (C=O) groups is 2. The monoisotopic (exact) mass is 773 g/mol. The largest absolute Gasteiger partial charge is 0.469 e. The summed E-state index contributed by atoms with van der Waals surface area (Å²) in [6.07, 6.45) is 54.1. The molecule has 2 N–H and O–H groups in total. The third-order valence-corrected chi connectivity index (χ3v) is 8.56. The Hall–Kier alpha value is -3.03. The van der Waals surface area contributed by atoms with Crippen molar-refractivity contribution in [2.75, 3.05) is 13.2 Å². The molecule has 0 amide bonds. The van der Waals surface area contributed by atoms with Crippen LogP contribution in [0.5, 0.6) is 0 Å². The van der Waals surface area contributed by atoms with Crippen LogP contribution < -0.4 is 0 Å². The van der Waals surface area contributed by atoms with Crippen molar-refractivity contribution in [2.45, 2.75) is 161 Å². The van der Waals surface area contributed by atoms with Crippen LogP contribution in [0.1, 0.15) is 155 Å². The standard InChI is InChI=1S/C45H73O8P/c1-3-5-7-9-11-13-15-17-19-21-22-24-26-28-30-32-34-36-38-40-45(47)53-43(42-52-54(48,49)50)41-51-44(46)39-37-35-33-31-29-27-25-23-20-18-16-14-12-10-8-6-4-2/h11-14,17-20,22,24-25,27-28,30-31,33,43H,3-10,15-16,21,23,26,29,32,34-42H2,1-2H3,(H2,48,49,50)/b13-11-,14-12-,19-17-,20-18-,24-22-,27-25-,30-28-,33-31-/t43-/m1/s1. The minimum Gasteiger partial charge on any atom is -0.462 e. The summed E-state index contributed by atoms with van der Waals surface area (Å²) in [6, 6.07) is 0. The summed E-state index contributed by atoms with van der Waals surface area (Å²) in [4.78, 5) is 42.8. The molecule has 0 bridgehead atoms. The quantitative estimate of drug-likeness (QED) is 0.0280. The number of hydrogen-bond acceptors (Lipinski definition) is 6. The van der Waals surface area contributed by atoms with Gasteiger partial charge in [-0.25, -0.2) is 4.57 Å². The number of phosphoric acid groups is 1.